The van der Waals surface area contributed by atoms with Crippen molar-refractivity contribution in [2.45, 2.75) is 32.1 Å². The van der Waals surface area contributed by atoms with Crippen LogP contribution in [0.3, 0.4) is 0 Å². The molecule has 8 nitrogen and oxygen atoms in total. The van der Waals surface area contributed by atoms with E-state index in [4.69, 9.17) is 0 Å². The molecule has 1 N–H and O–H groups in total. The van der Waals surface area contributed by atoms with Crippen molar-refractivity contribution in [1.29, 1.82) is 0 Å². The molecule has 1 atom stereocenters. The number of carbonyl (C=O) groups excluding carboxylic acids is 1. The third-order valence-corrected chi connectivity index (χ3v) is 4.75. The monoisotopic (exact) mass is 365 g/mol. The van der Waals surface area contributed by atoms with Crippen LogP contribution in [0.2, 0.25) is 0 Å². The molecule has 0 bridgehead atoms. The van der Waals surface area contributed by atoms with Crippen molar-refractivity contribution in [3.8, 4) is 0 Å². The van der Waals surface area contributed by atoms with Crippen molar-refractivity contribution in [2.75, 3.05) is 6.54 Å². The summed E-state index contributed by atoms with van der Waals surface area (Å²) < 4.78 is 3.80. The Morgan fingerprint density at radius 3 is 2.93 bits per heavy atom. The Balaban J connectivity index is 1.39. The van der Waals surface area contributed by atoms with Gasteiger partial charge in [-0.25, -0.2) is 0 Å². The zero-order valence-corrected chi connectivity index (χ0v) is 15.3. The molecule has 27 heavy (non-hydrogen) atoms. The molecule has 1 unspecified atom stereocenters. The van der Waals surface area contributed by atoms with E-state index in [1.807, 2.05) is 53.2 Å². The van der Waals surface area contributed by atoms with E-state index in [1.165, 1.54) is 5.56 Å². The molecule has 140 valence electrons. The van der Waals surface area contributed by atoms with Crippen molar-refractivity contribution in [3.63, 3.8) is 0 Å². The summed E-state index contributed by atoms with van der Waals surface area (Å²) in [7, 11) is 1.92. The van der Waals surface area contributed by atoms with E-state index in [2.05, 4.69) is 25.4 Å². The topological polar surface area (TPSA) is 80.9 Å². The third kappa shape index (κ3) is 4.22. The van der Waals surface area contributed by atoms with Crippen molar-refractivity contribution in [2.24, 2.45) is 7.05 Å². The molecule has 0 saturated carbocycles. The lowest BCUT2D eigenvalue weighted by atomic mass is 10.1. The smallest absolute Gasteiger partial charge is 0.222 e. The minimum absolute atomic E-state index is 0.0218. The van der Waals surface area contributed by atoms with Crippen LogP contribution in [0.25, 0.3) is 0 Å². The predicted molar refractivity (Wildman–Crippen MR) is 99.3 cm³/mol. The standard InChI is InChI=1S/C19H23N7O/c1-24-11-16(10-23-24)12-25-13-17-4-6-22-26(17)18(14-25)7-19(27)21-9-15-3-2-5-20-8-15/h2-6,8,10-11,18H,7,9,12-14H2,1H3,(H,21,27). The summed E-state index contributed by atoms with van der Waals surface area (Å²) in [5.74, 6) is 0.0218. The first-order valence-corrected chi connectivity index (χ1v) is 9.05. The van der Waals surface area contributed by atoms with Gasteiger partial charge in [-0.2, -0.15) is 10.2 Å². The minimum atomic E-state index is 0.0218. The zero-order chi connectivity index (χ0) is 18.6. The van der Waals surface area contributed by atoms with Gasteiger partial charge in [0.05, 0.1) is 24.4 Å². The van der Waals surface area contributed by atoms with Crippen molar-refractivity contribution in [1.82, 2.24) is 34.8 Å². The van der Waals surface area contributed by atoms with E-state index in [0.29, 0.717) is 13.0 Å². The third-order valence-electron chi connectivity index (χ3n) is 4.75. The Bertz CT molecular complexity index is 902. The number of hydrogen-bond acceptors (Lipinski definition) is 5. The molecule has 3 aromatic heterocycles. The number of nitrogens with one attached hydrogen (secondary N) is 1. The highest BCUT2D eigenvalue weighted by Gasteiger charge is 2.27. The maximum absolute atomic E-state index is 12.5. The lowest BCUT2D eigenvalue weighted by Crippen LogP contribution is -2.39. The number of nitrogens with zero attached hydrogens (tertiary/aromatic N) is 6. The van der Waals surface area contributed by atoms with Gasteiger partial charge >= 0.3 is 0 Å². The molecule has 0 spiro atoms. The molecule has 4 rings (SSSR count). The van der Waals surface area contributed by atoms with E-state index in [0.717, 1.165) is 30.9 Å². The first-order valence-electron chi connectivity index (χ1n) is 9.05. The lowest BCUT2D eigenvalue weighted by molar-refractivity contribution is -0.122. The molecule has 0 fully saturated rings. The Labute approximate surface area is 157 Å². The van der Waals surface area contributed by atoms with E-state index in [-0.39, 0.29) is 11.9 Å². The molecule has 1 aliphatic heterocycles. The quantitative estimate of drug-likeness (QED) is 0.712. The fraction of sp³-hybridized carbons (Fsp3) is 0.368. The van der Waals surface area contributed by atoms with Crippen LogP contribution < -0.4 is 5.32 Å². The van der Waals surface area contributed by atoms with Gasteiger partial charge < -0.3 is 5.32 Å². The van der Waals surface area contributed by atoms with Crippen LogP contribution in [0, 0.1) is 0 Å². The van der Waals surface area contributed by atoms with Gasteiger partial charge in [-0.05, 0) is 17.7 Å². The molecule has 0 saturated heterocycles. The zero-order valence-electron chi connectivity index (χ0n) is 15.3. The molecule has 0 radical (unpaired) electrons. The van der Waals surface area contributed by atoms with Crippen LogP contribution in [-0.4, -0.2) is 41.9 Å². The number of hydrogen-bond donors (Lipinski definition) is 1. The largest absolute Gasteiger partial charge is 0.352 e. The summed E-state index contributed by atoms with van der Waals surface area (Å²) in [5, 5.41) is 11.7. The van der Waals surface area contributed by atoms with Gasteiger partial charge in [-0.1, -0.05) is 6.07 Å². The van der Waals surface area contributed by atoms with E-state index in [1.54, 1.807) is 12.4 Å². The second-order valence-corrected chi connectivity index (χ2v) is 6.95. The lowest BCUT2D eigenvalue weighted by Gasteiger charge is -2.33. The van der Waals surface area contributed by atoms with Gasteiger partial charge in [0, 0.05) is 63.6 Å². The Kier molecular flexibility index (Phi) is 4.97. The fourth-order valence-electron chi connectivity index (χ4n) is 3.54. The fourth-order valence-corrected chi connectivity index (χ4v) is 3.54. The number of aromatic nitrogens is 5. The average Bonchev–Trinajstić information content (AvgIpc) is 3.30. The second kappa shape index (κ2) is 7.71. The van der Waals surface area contributed by atoms with Crippen LogP contribution >= 0.6 is 0 Å². The van der Waals surface area contributed by atoms with Gasteiger partial charge in [-0.3, -0.25) is 24.0 Å². The summed E-state index contributed by atoms with van der Waals surface area (Å²) in [6, 6.07) is 5.87. The SMILES string of the molecule is Cn1cc(CN2Cc3ccnn3C(CC(=O)NCc3cccnc3)C2)cn1. The Morgan fingerprint density at radius 1 is 1.22 bits per heavy atom. The highest BCUT2D eigenvalue weighted by Crippen LogP contribution is 2.24. The predicted octanol–water partition coefficient (Wildman–Crippen LogP) is 1.27. The maximum atomic E-state index is 12.5. The molecular weight excluding hydrogens is 342 g/mol. The highest BCUT2D eigenvalue weighted by atomic mass is 16.1. The first-order chi connectivity index (χ1) is 13.2. The summed E-state index contributed by atoms with van der Waals surface area (Å²) >= 11 is 0. The van der Waals surface area contributed by atoms with Crippen LogP contribution in [-0.2, 0) is 31.5 Å². The van der Waals surface area contributed by atoms with Crippen molar-refractivity contribution in [3.05, 3.63) is 66.0 Å². The van der Waals surface area contributed by atoms with Crippen LogP contribution in [0.15, 0.2) is 49.2 Å². The molecule has 1 amide bonds. The maximum Gasteiger partial charge on any atom is 0.222 e. The van der Waals surface area contributed by atoms with Gasteiger partial charge in [0.15, 0.2) is 0 Å². The van der Waals surface area contributed by atoms with Gasteiger partial charge in [0.2, 0.25) is 5.91 Å². The number of amides is 1. The molecule has 0 aliphatic carbocycles. The van der Waals surface area contributed by atoms with Crippen molar-refractivity contribution < 1.29 is 4.79 Å². The van der Waals surface area contributed by atoms with Crippen LogP contribution in [0.5, 0.6) is 0 Å². The van der Waals surface area contributed by atoms with Crippen LogP contribution in [0.1, 0.15) is 29.3 Å². The number of rotatable bonds is 6. The molecule has 8 heteroatoms. The molecular formula is C19H23N7O. The summed E-state index contributed by atoms with van der Waals surface area (Å²) in [6.45, 7) is 2.91. The Hall–Kier alpha value is -3.00. The molecule has 3 aromatic rings. The van der Waals surface area contributed by atoms with Gasteiger partial charge in [0.1, 0.15) is 0 Å². The number of carbonyl (C=O) groups is 1. The Morgan fingerprint density at radius 2 is 2.15 bits per heavy atom. The first kappa shape index (κ1) is 17.4. The number of fused-ring (bicyclic) bond motifs is 1. The van der Waals surface area contributed by atoms with Crippen LogP contribution in [0.4, 0.5) is 0 Å². The summed E-state index contributed by atoms with van der Waals surface area (Å²) in [6.07, 6.45) is 9.62. The minimum Gasteiger partial charge on any atom is -0.352 e. The highest BCUT2D eigenvalue weighted by molar-refractivity contribution is 5.76. The van der Waals surface area contributed by atoms with Gasteiger partial charge in [0.25, 0.3) is 0 Å². The van der Waals surface area contributed by atoms with Crippen molar-refractivity contribution >= 4 is 5.91 Å². The molecule has 1 aliphatic rings. The number of pyridine rings is 1. The number of aryl methyl sites for hydroxylation is 1. The van der Waals surface area contributed by atoms with E-state index < -0.39 is 0 Å². The normalized spacial score (nSPS) is 16.9. The summed E-state index contributed by atoms with van der Waals surface area (Å²) in [5.41, 5.74) is 3.30. The molecule has 0 aromatic carbocycles. The summed E-state index contributed by atoms with van der Waals surface area (Å²) in [4.78, 5) is 18.9. The molecule has 4 heterocycles. The van der Waals surface area contributed by atoms with Gasteiger partial charge in [-0.15, -0.1) is 0 Å². The van der Waals surface area contributed by atoms with E-state index >= 15 is 0 Å². The average molecular weight is 365 g/mol. The van der Waals surface area contributed by atoms with E-state index in [9.17, 15) is 4.79 Å². The second-order valence-electron chi connectivity index (χ2n) is 6.95.